The van der Waals surface area contributed by atoms with Crippen LogP contribution in [-0.2, 0) is 9.53 Å². The average Bonchev–Trinajstić information content (AvgIpc) is 2.57. The molecule has 3 heterocycles. The van der Waals surface area contributed by atoms with Gasteiger partial charge in [0.2, 0.25) is 5.91 Å². The summed E-state index contributed by atoms with van der Waals surface area (Å²) in [4.78, 5) is 16.5. The maximum Gasteiger partial charge on any atom is 0.222 e. The van der Waals surface area contributed by atoms with Crippen LogP contribution in [0.5, 0.6) is 0 Å². The number of rotatable bonds is 4. The summed E-state index contributed by atoms with van der Waals surface area (Å²) in [5, 5.41) is 8.52. The summed E-state index contributed by atoms with van der Waals surface area (Å²) in [6.07, 6.45) is 3.95. The highest BCUT2D eigenvalue weighted by Gasteiger charge is 2.41. The zero-order valence-corrected chi connectivity index (χ0v) is 14.1. The molecule has 0 aromatic carbocycles. The molecule has 0 saturated carbocycles. The third-order valence-electron chi connectivity index (χ3n) is 5.08. The number of piperidine rings is 2. The Kier molecular flexibility index (Phi) is 4.80. The van der Waals surface area contributed by atoms with Crippen molar-refractivity contribution in [2.75, 3.05) is 44.8 Å². The second-order valence-electron chi connectivity index (χ2n) is 6.87. The molecular weight excluding hydrogens is 292 g/mol. The van der Waals surface area contributed by atoms with Gasteiger partial charge in [-0.3, -0.25) is 4.79 Å². The molecule has 0 N–H and O–H groups in total. The van der Waals surface area contributed by atoms with Crippen molar-refractivity contribution >= 4 is 11.7 Å². The molecule has 3 rings (SSSR count). The summed E-state index contributed by atoms with van der Waals surface area (Å²) in [5.74, 6) is 1.22. The molecule has 1 atom stereocenters. The van der Waals surface area contributed by atoms with E-state index in [0.717, 1.165) is 44.0 Å². The normalized spacial score (nSPS) is 25.2. The Morgan fingerprint density at radius 1 is 1.26 bits per heavy atom. The third-order valence-corrected chi connectivity index (χ3v) is 5.08. The van der Waals surface area contributed by atoms with E-state index in [2.05, 4.69) is 21.2 Å². The predicted octanol–water partition coefficient (Wildman–Crippen LogP) is 1.64. The van der Waals surface area contributed by atoms with Crippen molar-refractivity contribution in [2.45, 2.75) is 32.6 Å². The number of anilines is 1. The van der Waals surface area contributed by atoms with Crippen molar-refractivity contribution in [3.05, 3.63) is 17.8 Å². The molecule has 0 radical (unpaired) electrons. The summed E-state index contributed by atoms with van der Waals surface area (Å²) in [7, 11) is 1.68. The van der Waals surface area contributed by atoms with Gasteiger partial charge >= 0.3 is 0 Å². The number of hydrogen-bond donors (Lipinski definition) is 0. The van der Waals surface area contributed by atoms with Crippen LogP contribution in [0.15, 0.2) is 12.1 Å². The molecule has 2 aliphatic heterocycles. The molecule has 126 valence electrons. The number of likely N-dealkylation sites (tertiary alicyclic amines) is 1. The van der Waals surface area contributed by atoms with Crippen molar-refractivity contribution < 1.29 is 9.53 Å². The van der Waals surface area contributed by atoms with E-state index < -0.39 is 0 Å². The minimum atomic E-state index is 0.187. The molecule has 0 bridgehead atoms. The SMILES string of the molecule is COCCN1C[C@@]2(CCCN(c3ccc(C)nn3)C2)CCC1=O. The van der Waals surface area contributed by atoms with Crippen molar-refractivity contribution in [2.24, 2.45) is 5.41 Å². The van der Waals surface area contributed by atoms with Gasteiger partial charge in [0.15, 0.2) is 5.82 Å². The Balaban J connectivity index is 1.71. The van der Waals surface area contributed by atoms with Gasteiger partial charge in [-0.05, 0) is 38.3 Å². The molecule has 2 saturated heterocycles. The minimum Gasteiger partial charge on any atom is -0.383 e. The second-order valence-corrected chi connectivity index (χ2v) is 6.87. The number of aryl methyl sites for hydroxylation is 1. The van der Waals surface area contributed by atoms with Crippen molar-refractivity contribution in [1.82, 2.24) is 15.1 Å². The Hall–Kier alpha value is -1.69. The second kappa shape index (κ2) is 6.83. The zero-order valence-electron chi connectivity index (χ0n) is 14.1. The molecule has 6 heteroatoms. The van der Waals surface area contributed by atoms with Gasteiger partial charge in [0, 0.05) is 45.1 Å². The summed E-state index contributed by atoms with van der Waals surface area (Å²) < 4.78 is 5.15. The van der Waals surface area contributed by atoms with E-state index in [9.17, 15) is 4.79 Å². The first-order valence-electron chi connectivity index (χ1n) is 8.44. The van der Waals surface area contributed by atoms with Gasteiger partial charge in [0.25, 0.3) is 0 Å². The first kappa shape index (κ1) is 16.2. The van der Waals surface area contributed by atoms with Gasteiger partial charge in [0.1, 0.15) is 0 Å². The molecule has 0 aliphatic carbocycles. The number of carbonyl (C=O) groups excluding carboxylic acids is 1. The fraction of sp³-hybridized carbons (Fsp3) is 0.706. The number of ether oxygens (including phenoxy) is 1. The van der Waals surface area contributed by atoms with Crippen LogP contribution >= 0.6 is 0 Å². The van der Waals surface area contributed by atoms with E-state index in [1.54, 1.807) is 7.11 Å². The number of hydrogen-bond acceptors (Lipinski definition) is 5. The smallest absolute Gasteiger partial charge is 0.222 e. The van der Waals surface area contributed by atoms with Gasteiger partial charge in [-0.1, -0.05) is 0 Å². The highest BCUT2D eigenvalue weighted by molar-refractivity contribution is 5.77. The van der Waals surface area contributed by atoms with Gasteiger partial charge in [-0.25, -0.2) is 0 Å². The van der Waals surface area contributed by atoms with Crippen LogP contribution in [0.4, 0.5) is 5.82 Å². The van der Waals surface area contributed by atoms with E-state index in [0.29, 0.717) is 19.6 Å². The third kappa shape index (κ3) is 3.63. The molecule has 1 spiro atoms. The highest BCUT2D eigenvalue weighted by atomic mass is 16.5. The molecule has 2 aliphatic rings. The lowest BCUT2D eigenvalue weighted by Gasteiger charge is -2.48. The molecule has 2 fully saturated rings. The molecule has 6 nitrogen and oxygen atoms in total. The van der Waals surface area contributed by atoms with E-state index in [1.165, 1.54) is 6.42 Å². The van der Waals surface area contributed by atoms with E-state index in [4.69, 9.17) is 4.74 Å². The van der Waals surface area contributed by atoms with E-state index >= 15 is 0 Å². The lowest BCUT2D eigenvalue weighted by molar-refractivity contribution is -0.138. The van der Waals surface area contributed by atoms with Gasteiger partial charge in [-0.15, -0.1) is 5.10 Å². The fourth-order valence-corrected chi connectivity index (χ4v) is 3.80. The maximum absolute atomic E-state index is 12.1. The molecule has 23 heavy (non-hydrogen) atoms. The topological polar surface area (TPSA) is 58.6 Å². The summed E-state index contributed by atoms with van der Waals surface area (Å²) >= 11 is 0. The Morgan fingerprint density at radius 3 is 2.87 bits per heavy atom. The Labute approximate surface area is 137 Å². The molecular formula is C17H26N4O2. The summed E-state index contributed by atoms with van der Waals surface area (Å²) in [5.41, 5.74) is 1.13. The minimum absolute atomic E-state index is 0.187. The first-order chi connectivity index (χ1) is 11.1. The molecule has 1 aromatic heterocycles. The van der Waals surface area contributed by atoms with Crippen molar-refractivity contribution in [3.63, 3.8) is 0 Å². The number of methoxy groups -OCH3 is 1. The number of carbonyl (C=O) groups is 1. The van der Waals surface area contributed by atoms with E-state index in [1.807, 2.05) is 17.9 Å². The van der Waals surface area contributed by atoms with Crippen LogP contribution in [0.25, 0.3) is 0 Å². The summed E-state index contributed by atoms with van der Waals surface area (Å²) in [6, 6.07) is 4.07. The number of amides is 1. The van der Waals surface area contributed by atoms with Crippen molar-refractivity contribution in [3.8, 4) is 0 Å². The van der Waals surface area contributed by atoms with Gasteiger partial charge < -0.3 is 14.5 Å². The Morgan fingerprint density at radius 2 is 2.13 bits per heavy atom. The largest absolute Gasteiger partial charge is 0.383 e. The standard InChI is InChI=1S/C17H26N4O2/c1-14-4-5-15(19-18-14)20-9-3-7-17(12-20)8-6-16(22)21(13-17)10-11-23-2/h4-5H,3,6-13H2,1-2H3/t17-/m0/s1. The van der Waals surface area contributed by atoms with Crippen LogP contribution in [-0.4, -0.2) is 60.9 Å². The van der Waals surface area contributed by atoms with Crippen molar-refractivity contribution in [1.29, 1.82) is 0 Å². The predicted molar refractivity (Wildman–Crippen MR) is 88.3 cm³/mol. The zero-order chi connectivity index (χ0) is 16.3. The van der Waals surface area contributed by atoms with Crippen LogP contribution in [0.1, 0.15) is 31.4 Å². The summed E-state index contributed by atoms with van der Waals surface area (Å²) in [6.45, 7) is 6.07. The Bertz CT molecular complexity index is 548. The number of aromatic nitrogens is 2. The lowest BCUT2D eigenvalue weighted by atomic mass is 9.73. The quantitative estimate of drug-likeness (QED) is 0.845. The van der Waals surface area contributed by atoms with Crippen LogP contribution in [0, 0.1) is 12.3 Å². The molecule has 1 aromatic rings. The van der Waals surface area contributed by atoms with Crippen LogP contribution < -0.4 is 4.90 Å². The lowest BCUT2D eigenvalue weighted by Crippen LogP contribution is -2.54. The molecule has 1 amide bonds. The van der Waals surface area contributed by atoms with Crippen LogP contribution in [0.2, 0.25) is 0 Å². The number of nitrogens with zero attached hydrogens (tertiary/aromatic N) is 4. The van der Waals surface area contributed by atoms with Gasteiger partial charge in [0.05, 0.1) is 12.3 Å². The van der Waals surface area contributed by atoms with Gasteiger partial charge in [-0.2, -0.15) is 5.10 Å². The average molecular weight is 318 g/mol. The van der Waals surface area contributed by atoms with Crippen LogP contribution in [0.3, 0.4) is 0 Å². The first-order valence-corrected chi connectivity index (χ1v) is 8.44. The maximum atomic E-state index is 12.1. The van der Waals surface area contributed by atoms with E-state index in [-0.39, 0.29) is 11.3 Å². The monoisotopic (exact) mass is 318 g/mol. The fourth-order valence-electron chi connectivity index (χ4n) is 3.80. The highest BCUT2D eigenvalue weighted by Crippen LogP contribution is 2.39. The molecule has 0 unspecified atom stereocenters.